The van der Waals surface area contributed by atoms with Crippen molar-refractivity contribution in [3.63, 3.8) is 0 Å². The maximum atomic E-state index is 6.20. The molecule has 2 rings (SSSR count). The summed E-state index contributed by atoms with van der Waals surface area (Å²) in [5, 5.41) is 3.99. The summed E-state index contributed by atoms with van der Waals surface area (Å²) in [6.45, 7) is 2.22. The van der Waals surface area contributed by atoms with E-state index in [2.05, 4.69) is 35.6 Å². The van der Waals surface area contributed by atoms with E-state index < -0.39 is 0 Å². The fraction of sp³-hybridized carbons (Fsp3) is 0.600. The number of hydrogen-bond acceptors (Lipinski definition) is 2. The molecule has 1 aromatic rings. The predicted molar refractivity (Wildman–Crippen MR) is 81.6 cm³/mol. The van der Waals surface area contributed by atoms with Crippen molar-refractivity contribution < 1.29 is 0 Å². The fourth-order valence-electron chi connectivity index (χ4n) is 2.47. The lowest BCUT2D eigenvalue weighted by atomic mass is 9.89. The molecule has 0 bridgehead atoms. The van der Waals surface area contributed by atoms with Crippen molar-refractivity contribution in [1.82, 2.24) is 5.32 Å². The summed E-state index contributed by atoms with van der Waals surface area (Å²) in [4.78, 5) is 1.36. The number of nitrogens with one attached hydrogen (secondary N) is 1. The van der Waals surface area contributed by atoms with Crippen molar-refractivity contribution in [2.24, 2.45) is 5.92 Å². The van der Waals surface area contributed by atoms with Gasteiger partial charge in [-0.15, -0.1) is 23.4 Å². The lowest BCUT2D eigenvalue weighted by Gasteiger charge is -2.25. The van der Waals surface area contributed by atoms with Crippen LogP contribution in [0.25, 0.3) is 0 Å². The van der Waals surface area contributed by atoms with Gasteiger partial charge in [0, 0.05) is 22.6 Å². The molecule has 1 aromatic carbocycles. The second kappa shape index (κ2) is 8.08. The van der Waals surface area contributed by atoms with Gasteiger partial charge in [-0.25, -0.2) is 0 Å². The summed E-state index contributed by atoms with van der Waals surface area (Å²) in [6, 6.07) is 10.6. The lowest BCUT2D eigenvalue weighted by molar-refractivity contribution is 0.349. The molecule has 1 fully saturated rings. The fourth-order valence-corrected chi connectivity index (χ4v) is 3.71. The lowest BCUT2D eigenvalue weighted by Crippen LogP contribution is -2.28. The summed E-state index contributed by atoms with van der Waals surface area (Å²) in [5.41, 5.74) is 0. The quantitative estimate of drug-likeness (QED) is 0.478. The van der Waals surface area contributed by atoms with E-state index in [1.165, 1.54) is 30.6 Å². The van der Waals surface area contributed by atoms with Crippen molar-refractivity contribution >= 4 is 23.4 Å². The highest BCUT2D eigenvalue weighted by atomic mass is 35.5. The molecule has 2 atom stereocenters. The zero-order valence-electron chi connectivity index (χ0n) is 10.8. The van der Waals surface area contributed by atoms with E-state index >= 15 is 0 Å². The minimum Gasteiger partial charge on any atom is -0.316 e. The third-order valence-electron chi connectivity index (χ3n) is 3.44. The highest BCUT2D eigenvalue weighted by Gasteiger charge is 2.19. The molecular weight excluding hydrogens is 262 g/mol. The largest absolute Gasteiger partial charge is 0.316 e. The van der Waals surface area contributed by atoms with E-state index in [0.717, 1.165) is 24.8 Å². The zero-order chi connectivity index (χ0) is 12.6. The molecule has 100 valence electrons. The van der Waals surface area contributed by atoms with E-state index in [-0.39, 0.29) is 0 Å². The Bertz CT molecular complexity index is 331. The first-order chi connectivity index (χ1) is 8.84. The first-order valence-electron chi connectivity index (χ1n) is 6.87. The van der Waals surface area contributed by atoms with Gasteiger partial charge in [0.05, 0.1) is 0 Å². The summed E-state index contributed by atoms with van der Waals surface area (Å²) in [6.07, 6.45) is 5.06. The van der Waals surface area contributed by atoms with Crippen molar-refractivity contribution in [3.8, 4) is 0 Å². The number of alkyl halides is 1. The molecule has 0 spiro atoms. The van der Waals surface area contributed by atoms with E-state index in [1.807, 2.05) is 11.8 Å². The van der Waals surface area contributed by atoms with E-state index in [0.29, 0.717) is 5.38 Å². The smallest absolute Gasteiger partial charge is 0.0339 e. The first-order valence-corrected chi connectivity index (χ1v) is 8.29. The van der Waals surface area contributed by atoms with Crippen molar-refractivity contribution in [1.29, 1.82) is 0 Å². The van der Waals surface area contributed by atoms with Crippen LogP contribution in [0.5, 0.6) is 0 Å². The summed E-state index contributed by atoms with van der Waals surface area (Å²) < 4.78 is 0. The molecule has 0 saturated heterocycles. The van der Waals surface area contributed by atoms with Gasteiger partial charge in [0.1, 0.15) is 0 Å². The SMILES string of the molecule is ClC1CCCC(CNCCSc2ccccc2)C1. The van der Waals surface area contributed by atoms with E-state index in [9.17, 15) is 0 Å². The minimum atomic E-state index is 0.421. The van der Waals surface area contributed by atoms with E-state index in [1.54, 1.807) is 0 Å². The zero-order valence-corrected chi connectivity index (χ0v) is 12.3. The maximum Gasteiger partial charge on any atom is 0.0339 e. The van der Waals surface area contributed by atoms with Crippen LogP contribution in [0.2, 0.25) is 0 Å². The normalized spacial score (nSPS) is 24.1. The van der Waals surface area contributed by atoms with Crippen molar-refractivity contribution in [2.45, 2.75) is 36.0 Å². The Balaban J connectivity index is 1.53. The van der Waals surface area contributed by atoms with Crippen LogP contribution in [0.15, 0.2) is 35.2 Å². The molecule has 0 radical (unpaired) electrons. The van der Waals surface area contributed by atoms with Crippen LogP contribution in [0, 0.1) is 5.92 Å². The molecule has 3 heteroatoms. The van der Waals surface area contributed by atoms with Crippen LogP contribution in [-0.4, -0.2) is 24.2 Å². The Morgan fingerprint density at radius 2 is 2.06 bits per heavy atom. The molecule has 0 heterocycles. The van der Waals surface area contributed by atoms with Gasteiger partial charge in [0.2, 0.25) is 0 Å². The molecule has 0 aliphatic heterocycles. The number of rotatable bonds is 6. The number of halogens is 1. The Kier molecular flexibility index (Phi) is 6.39. The first kappa shape index (κ1) is 14.2. The summed E-state index contributed by atoms with van der Waals surface area (Å²) in [5.74, 6) is 1.93. The maximum absolute atomic E-state index is 6.20. The Morgan fingerprint density at radius 3 is 2.83 bits per heavy atom. The van der Waals surface area contributed by atoms with Crippen LogP contribution in [-0.2, 0) is 0 Å². The minimum absolute atomic E-state index is 0.421. The second-order valence-electron chi connectivity index (χ2n) is 5.00. The molecule has 0 amide bonds. The monoisotopic (exact) mass is 283 g/mol. The van der Waals surface area contributed by atoms with Gasteiger partial charge >= 0.3 is 0 Å². The molecule has 0 aromatic heterocycles. The van der Waals surface area contributed by atoms with E-state index in [4.69, 9.17) is 11.6 Å². The number of benzene rings is 1. The summed E-state index contributed by atoms with van der Waals surface area (Å²) >= 11 is 8.12. The summed E-state index contributed by atoms with van der Waals surface area (Å²) in [7, 11) is 0. The van der Waals surface area contributed by atoms with Gasteiger partial charge in [-0.3, -0.25) is 0 Å². The number of thioether (sulfide) groups is 1. The van der Waals surface area contributed by atoms with Gasteiger partial charge < -0.3 is 5.32 Å². The van der Waals surface area contributed by atoms with Crippen LogP contribution in [0.4, 0.5) is 0 Å². The average Bonchev–Trinajstić information content (AvgIpc) is 2.40. The number of hydrogen-bond donors (Lipinski definition) is 1. The van der Waals surface area contributed by atoms with Crippen molar-refractivity contribution in [2.75, 3.05) is 18.8 Å². The molecule has 1 aliphatic carbocycles. The molecule has 2 unspecified atom stereocenters. The molecule has 1 aliphatic rings. The van der Waals surface area contributed by atoms with Crippen molar-refractivity contribution in [3.05, 3.63) is 30.3 Å². The Hall–Kier alpha value is -0.180. The van der Waals surface area contributed by atoms with Crippen LogP contribution < -0.4 is 5.32 Å². The molecular formula is C15H22ClNS. The Labute approximate surface area is 120 Å². The van der Waals surface area contributed by atoms with Gasteiger partial charge in [0.15, 0.2) is 0 Å². The predicted octanol–water partition coefficient (Wildman–Crippen LogP) is 4.17. The second-order valence-corrected chi connectivity index (χ2v) is 6.78. The average molecular weight is 284 g/mol. The molecule has 18 heavy (non-hydrogen) atoms. The van der Waals surface area contributed by atoms with Gasteiger partial charge in [-0.1, -0.05) is 24.6 Å². The highest BCUT2D eigenvalue weighted by Crippen LogP contribution is 2.27. The third-order valence-corrected chi connectivity index (χ3v) is 4.85. The molecule has 1 nitrogen and oxygen atoms in total. The molecule has 1 N–H and O–H groups in total. The van der Waals surface area contributed by atoms with Gasteiger partial charge in [0.25, 0.3) is 0 Å². The van der Waals surface area contributed by atoms with Gasteiger partial charge in [-0.2, -0.15) is 0 Å². The van der Waals surface area contributed by atoms with Gasteiger partial charge in [-0.05, 0) is 43.9 Å². The third kappa shape index (κ3) is 5.21. The Morgan fingerprint density at radius 1 is 1.22 bits per heavy atom. The van der Waals surface area contributed by atoms with Crippen LogP contribution in [0.1, 0.15) is 25.7 Å². The topological polar surface area (TPSA) is 12.0 Å². The van der Waals surface area contributed by atoms with Crippen LogP contribution in [0.3, 0.4) is 0 Å². The van der Waals surface area contributed by atoms with Crippen LogP contribution >= 0.6 is 23.4 Å². The standard InChI is InChI=1S/C15H22ClNS/c16-14-6-4-5-13(11-14)12-17-9-10-18-15-7-2-1-3-8-15/h1-3,7-8,13-14,17H,4-6,9-12H2. The highest BCUT2D eigenvalue weighted by molar-refractivity contribution is 7.99. The molecule has 1 saturated carbocycles.